The summed E-state index contributed by atoms with van der Waals surface area (Å²) in [5.74, 6) is -0.236. The fourth-order valence-corrected chi connectivity index (χ4v) is 3.23. The van der Waals surface area contributed by atoms with Gasteiger partial charge in [-0.3, -0.25) is 24.8 Å². The molecule has 126 valence electrons. The molecule has 0 N–H and O–H groups in total. The Labute approximate surface area is 152 Å². The number of nitrogens with zero attached hydrogens (tertiary/aromatic N) is 4. The quantitative estimate of drug-likeness (QED) is 0.462. The van der Waals surface area contributed by atoms with Gasteiger partial charge in [-0.15, -0.1) is 0 Å². The fraction of sp³-hybridized carbons (Fsp3) is 0.0625. The molecular formula is C16H11ClN4O3S. The van der Waals surface area contributed by atoms with Crippen molar-refractivity contribution in [2.24, 2.45) is 4.99 Å². The van der Waals surface area contributed by atoms with Crippen molar-refractivity contribution in [3.63, 3.8) is 0 Å². The highest BCUT2D eigenvalue weighted by Crippen LogP contribution is 2.34. The van der Waals surface area contributed by atoms with Crippen LogP contribution in [0.15, 0.2) is 52.6 Å². The predicted molar refractivity (Wildman–Crippen MR) is 97.8 cm³/mol. The molecule has 0 saturated carbocycles. The second-order valence-electron chi connectivity index (χ2n) is 5.05. The molecule has 1 aliphatic heterocycles. The number of carbonyl (C=O) groups is 1. The molecule has 0 unspecified atom stereocenters. The average Bonchev–Trinajstić information content (AvgIpc) is 2.85. The van der Waals surface area contributed by atoms with E-state index in [-0.39, 0.29) is 11.6 Å². The van der Waals surface area contributed by atoms with Gasteiger partial charge >= 0.3 is 0 Å². The first-order valence-corrected chi connectivity index (χ1v) is 8.25. The summed E-state index contributed by atoms with van der Waals surface area (Å²) in [4.78, 5) is 32.9. The Balaban J connectivity index is 1.92. The molecular weight excluding hydrogens is 364 g/mol. The van der Waals surface area contributed by atoms with Gasteiger partial charge in [0.05, 0.1) is 20.5 Å². The van der Waals surface area contributed by atoms with Gasteiger partial charge in [0.15, 0.2) is 5.17 Å². The maximum atomic E-state index is 12.4. The third-order valence-electron chi connectivity index (χ3n) is 3.35. The van der Waals surface area contributed by atoms with Crippen molar-refractivity contribution < 1.29 is 9.72 Å². The van der Waals surface area contributed by atoms with E-state index < -0.39 is 4.92 Å². The molecule has 1 aromatic heterocycles. The van der Waals surface area contributed by atoms with Gasteiger partial charge in [-0.25, -0.2) is 4.99 Å². The van der Waals surface area contributed by atoms with E-state index in [9.17, 15) is 14.9 Å². The molecule has 0 aliphatic carbocycles. The standard InChI is InChI=1S/C16H11ClN4O3S/c1-20-15(22)14(8-10-3-2-4-11(7-10)21(23)24)25-16(20)19-13-5-6-18-9-12(13)17/h2-9H,1H3/b14-8-,19-16?. The van der Waals surface area contributed by atoms with Crippen LogP contribution < -0.4 is 0 Å². The van der Waals surface area contributed by atoms with Crippen LogP contribution in [0, 0.1) is 10.1 Å². The van der Waals surface area contributed by atoms with Crippen LogP contribution in [0.4, 0.5) is 11.4 Å². The number of aliphatic imine (C=N–C) groups is 1. The summed E-state index contributed by atoms with van der Waals surface area (Å²) in [6.07, 6.45) is 4.64. The Kier molecular flexibility index (Phi) is 4.82. The zero-order valence-corrected chi connectivity index (χ0v) is 14.5. The van der Waals surface area contributed by atoms with Crippen LogP contribution in [0.1, 0.15) is 5.56 Å². The van der Waals surface area contributed by atoms with Crippen LogP contribution in [0.3, 0.4) is 0 Å². The lowest BCUT2D eigenvalue weighted by Crippen LogP contribution is -2.23. The van der Waals surface area contributed by atoms with Gasteiger partial charge in [0.2, 0.25) is 0 Å². The fourth-order valence-electron chi connectivity index (χ4n) is 2.09. The van der Waals surface area contributed by atoms with Crippen molar-refractivity contribution in [3.8, 4) is 0 Å². The number of amidine groups is 1. The van der Waals surface area contributed by atoms with Gasteiger partial charge in [-0.2, -0.15) is 0 Å². The molecule has 0 atom stereocenters. The molecule has 3 rings (SSSR count). The maximum Gasteiger partial charge on any atom is 0.270 e. The lowest BCUT2D eigenvalue weighted by Gasteiger charge is -2.07. The van der Waals surface area contributed by atoms with E-state index in [0.717, 1.165) is 0 Å². The molecule has 1 saturated heterocycles. The molecule has 0 spiro atoms. The van der Waals surface area contributed by atoms with Crippen molar-refractivity contribution in [1.82, 2.24) is 9.88 Å². The van der Waals surface area contributed by atoms with Crippen molar-refractivity contribution in [2.45, 2.75) is 0 Å². The number of nitro benzene ring substituents is 1. The van der Waals surface area contributed by atoms with Gasteiger partial charge in [-0.1, -0.05) is 23.7 Å². The zero-order valence-electron chi connectivity index (χ0n) is 12.9. The minimum atomic E-state index is -0.476. The van der Waals surface area contributed by atoms with Crippen molar-refractivity contribution in [1.29, 1.82) is 0 Å². The molecule has 1 aromatic carbocycles. The second-order valence-corrected chi connectivity index (χ2v) is 6.46. The average molecular weight is 375 g/mol. The van der Waals surface area contributed by atoms with E-state index in [0.29, 0.717) is 26.3 Å². The summed E-state index contributed by atoms with van der Waals surface area (Å²) in [6, 6.07) is 7.73. The highest BCUT2D eigenvalue weighted by molar-refractivity contribution is 8.18. The van der Waals surface area contributed by atoms with Crippen molar-refractivity contribution >= 4 is 51.9 Å². The summed E-state index contributed by atoms with van der Waals surface area (Å²) in [5, 5.41) is 11.7. The molecule has 1 amide bonds. The van der Waals surface area contributed by atoms with Crippen LogP contribution in [0.5, 0.6) is 0 Å². The smallest absolute Gasteiger partial charge is 0.270 e. The van der Waals surface area contributed by atoms with Gasteiger partial charge in [0.1, 0.15) is 0 Å². The van der Waals surface area contributed by atoms with Crippen LogP contribution in [-0.2, 0) is 4.79 Å². The maximum absolute atomic E-state index is 12.4. The Bertz CT molecular complexity index is 929. The first-order valence-electron chi connectivity index (χ1n) is 7.06. The van der Waals surface area contributed by atoms with Gasteiger partial charge < -0.3 is 0 Å². The Morgan fingerprint density at radius 3 is 2.92 bits per heavy atom. The van der Waals surface area contributed by atoms with Crippen LogP contribution in [0.25, 0.3) is 6.08 Å². The summed E-state index contributed by atoms with van der Waals surface area (Å²) < 4.78 is 0. The molecule has 0 bridgehead atoms. The van der Waals surface area contributed by atoms with E-state index in [2.05, 4.69) is 9.98 Å². The summed E-state index contributed by atoms with van der Waals surface area (Å²) in [6.45, 7) is 0. The SMILES string of the molecule is CN1C(=O)/C(=C/c2cccc([N+](=O)[O-])c2)SC1=Nc1ccncc1Cl. The van der Waals surface area contributed by atoms with E-state index in [4.69, 9.17) is 11.6 Å². The minimum Gasteiger partial charge on any atom is -0.290 e. The summed E-state index contributed by atoms with van der Waals surface area (Å²) in [7, 11) is 1.61. The number of pyridine rings is 1. The number of hydrogen-bond donors (Lipinski definition) is 0. The van der Waals surface area contributed by atoms with Crippen LogP contribution >= 0.6 is 23.4 Å². The van der Waals surface area contributed by atoms with Crippen molar-refractivity contribution in [2.75, 3.05) is 7.05 Å². The number of hydrogen-bond acceptors (Lipinski definition) is 6. The van der Waals surface area contributed by atoms with E-state index in [1.54, 1.807) is 37.5 Å². The largest absolute Gasteiger partial charge is 0.290 e. The normalized spacial score (nSPS) is 17.5. The summed E-state index contributed by atoms with van der Waals surface area (Å²) in [5.41, 5.74) is 1.05. The molecule has 2 heterocycles. The number of rotatable bonds is 3. The number of nitro groups is 1. The van der Waals surface area contributed by atoms with E-state index in [1.807, 2.05) is 0 Å². The van der Waals surface area contributed by atoms with Crippen LogP contribution in [0.2, 0.25) is 5.02 Å². The number of benzene rings is 1. The van der Waals surface area contributed by atoms with Crippen molar-refractivity contribution in [3.05, 3.63) is 68.3 Å². The highest BCUT2D eigenvalue weighted by Gasteiger charge is 2.30. The second kappa shape index (κ2) is 7.04. The minimum absolute atomic E-state index is 0.0318. The zero-order chi connectivity index (χ0) is 18.0. The first kappa shape index (κ1) is 17.1. The number of halogens is 1. The lowest BCUT2D eigenvalue weighted by molar-refractivity contribution is -0.384. The third kappa shape index (κ3) is 3.70. The van der Waals surface area contributed by atoms with Gasteiger partial charge in [0, 0.05) is 31.6 Å². The molecule has 2 aromatic rings. The van der Waals surface area contributed by atoms with Gasteiger partial charge in [0.25, 0.3) is 11.6 Å². The molecule has 0 radical (unpaired) electrons. The molecule has 9 heteroatoms. The number of likely N-dealkylation sites (N-methyl/N-ethyl adjacent to an activating group) is 1. The number of amides is 1. The Morgan fingerprint density at radius 2 is 2.20 bits per heavy atom. The van der Waals surface area contributed by atoms with Crippen LogP contribution in [-0.4, -0.2) is 32.9 Å². The first-order chi connectivity index (χ1) is 12.0. The Hall–Kier alpha value is -2.71. The predicted octanol–water partition coefficient (Wildman–Crippen LogP) is 3.88. The topological polar surface area (TPSA) is 88.7 Å². The molecule has 1 aliphatic rings. The highest BCUT2D eigenvalue weighted by atomic mass is 35.5. The number of aromatic nitrogens is 1. The number of thioether (sulfide) groups is 1. The lowest BCUT2D eigenvalue weighted by atomic mass is 10.2. The monoisotopic (exact) mass is 374 g/mol. The van der Waals surface area contributed by atoms with E-state index in [1.165, 1.54) is 35.0 Å². The third-order valence-corrected chi connectivity index (χ3v) is 4.70. The molecule has 1 fully saturated rings. The molecule has 25 heavy (non-hydrogen) atoms. The number of non-ortho nitro benzene ring substituents is 1. The summed E-state index contributed by atoms with van der Waals surface area (Å²) >= 11 is 7.22. The number of carbonyl (C=O) groups excluding carboxylic acids is 1. The van der Waals surface area contributed by atoms with Gasteiger partial charge in [-0.05, 0) is 29.5 Å². The van der Waals surface area contributed by atoms with E-state index >= 15 is 0 Å². The Morgan fingerprint density at radius 1 is 1.40 bits per heavy atom. The molecule has 7 nitrogen and oxygen atoms in total.